The third-order valence-electron chi connectivity index (χ3n) is 2.84. The second-order valence-electron chi connectivity index (χ2n) is 3.99. The van der Waals surface area contributed by atoms with Crippen LogP contribution >= 0.6 is 0 Å². The molecule has 1 fully saturated rings. The van der Waals surface area contributed by atoms with Crippen LogP contribution in [0.15, 0.2) is 18.5 Å². The Hall–Kier alpha value is -0.890. The van der Waals surface area contributed by atoms with E-state index in [4.69, 9.17) is 0 Å². The van der Waals surface area contributed by atoms with E-state index < -0.39 is 5.60 Å². The molecule has 0 unspecified atom stereocenters. The highest BCUT2D eigenvalue weighted by Crippen LogP contribution is 2.38. The zero-order valence-corrected chi connectivity index (χ0v) is 7.95. The average molecular weight is 177 g/mol. The Morgan fingerprint density at radius 2 is 2.00 bits per heavy atom. The van der Waals surface area contributed by atoms with Crippen molar-refractivity contribution < 1.29 is 5.11 Å². The van der Waals surface area contributed by atoms with Gasteiger partial charge in [0.25, 0.3) is 0 Å². The van der Waals surface area contributed by atoms with Gasteiger partial charge in [0.2, 0.25) is 0 Å². The largest absolute Gasteiger partial charge is 0.385 e. The lowest BCUT2D eigenvalue weighted by molar-refractivity contribution is 0.0441. The van der Waals surface area contributed by atoms with Crippen molar-refractivity contribution in [2.24, 2.45) is 0 Å². The third kappa shape index (κ3) is 1.59. The molecule has 1 aliphatic carbocycles. The topological polar surface area (TPSA) is 33.1 Å². The summed E-state index contributed by atoms with van der Waals surface area (Å²) in [6, 6.07) is 2.04. The first-order valence-corrected chi connectivity index (χ1v) is 4.85. The molecule has 0 radical (unpaired) electrons. The van der Waals surface area contributed by atoms with Crippen LogP contribution in [0.5, 0.6) is 0 Å². The molecule has 1 aromatic rings. The van der Waals surface area contributed by atoms with Crippen molar-refractivity contribution in [2.75, 3.05) is 0 Å². The predicted molar refractivity (Wildman–Crippen MR) is 51.3 cm³/mol. The second kappa shape index (κ2) is 3.11. The SMILES string of the molecule is Cc1cncc(C2(O)CCCC2)c1. The molecule has 1 heterocycles. The standard InChI is InChI=1S/C11H15NO/c1-9-6-10(8-12-7-9)11(13)4-2-3-5-11/h6-8,13H,2-5H2,1H3. The summed E-state index contributed by atoms with van der Waals surface area (Å²) in [5, 5.41) is 10.2. The Morgan fingerprint density at radius 3 is 2.62 bits per heavy atom. The summed E-state index contributed by atoms with van der Waals surface area (Å²) in [6.45, 7) is 2.01. The number of rotatable bonds is 1. The minimum atomic E-state index is -0.584. The van der Waals surface area contributed by atoms with Gasteiger partial charge < -0.3 is 5.11 Å². The molecule has 0 saturated heterocycles. The number of hydrogen-bond acceptors (Lipinski definition) is 2. The van der Waals surface area contributed by atoms with Gasteiger partial charge in [-0.3, -0.25) is 4.98 Å². The van der Waals surface area contributed by atoms with Gasteiger partial charge in [-0.1, -0.05) is 18.9 Å². The molecule has 1 saturated carbocycles. The van der Waals surface area contributed by atoms with Crippen LogP contribution in [0.3, 0.4) is 0 Å². The molecule has 1 aliphatic rings. The van der Waals surface area contributed by atoms with Crippen molar-refractivity contribution in [2.45, 2.75) is 38.2 Å². The van der Waals surface area contributed by atoms with Gasteiger partial charge in [0.15, 0.2) is 0 Å². The molecule has 2 heteroatoms. The lowest BCUT2D eigenvalue weighted by Gasteiger charge is -2.22. The van der Waals surface area contributed by atoms with Gasteiger partial charge in [-0.15, -0.1) is 0 Å². The predicted octanol–water partition coefficient (Wildman–Crippen LogP) is 2.15. The Kier molecular flexibility index (Phi) is 2.08. The summed E-state index contributed by atoms with van der Waals surface area (Å²) in [5.74, 6) is 0. The van der Waals surface area contributed by atoms with E-state index in [1.807, 2.05) is 19.2 Å². The first-order valence-electron chi connectivity index (χ1n) is 4.85. The van der Waals surface area contributed by atoms with Crippen LogP contribution < -0.4 is 0 Å². The molecule has 0 amide bonds. The molecule has 0 atom stereocenters. The van der Waals surface area contributed by atoms with E-state index in [-0.39, 0.29) is 0 Å². The fraction of sp³-hybridized carbons (Fsp3) is 0.545. The fourth-order valence-corrected chi connectivity index (χ4v) is 2.06. The van der Waals surface area contributed by atoms with E-state index in [0.29, 0.717) is 0 Å². The Morgan fingerprint density at radius 1 is 1.31 bits per heavy atom. The Labute approximate surface area is 78.6 Å². The van der Waals surface area contributed by atoms with Crippen LogP contribution in [0.2, 0.25) is 0 Å². The van der Waals surface area contributed by atoms with Crippen LogP contribution in [0, 0.1) is 6.92 Å². The number of aryl methyl sites for hydroxylation is 1. The van der Waals surface area contributed by atoms with Gasteiger partial charge in [-0.2, -0.15) is 0 Å². The highest BCUT2D eigenvalue weighted by molar-refractivity contribution is 5.23. The van der Waals surface area contributed by atoms with Crippen LogP contribution in [0.25, 0.3) is 0 Å². The molecule has 1 N–H and O–H groups in total. The number of pyridine rings is 1. The third-order valence-corrected chi connectivity index (χ3v) is 2.84. The summed E-state index contributed by atoms with van der Waals surface area (Å²) in [4.78, 5) is 4.11. The molecule has 2 rings (SSSR count). The fourth-order valence-electron chi connectivity index (χ4n) is 2.06. The molecule has 2 nitrogen and oxygen atoms in total. The minimum Gasteiger partial charge on any atom is -0.385 e. The summed E-state index contributed by atoms with van der Waals surface area (Å²) in [7, 11) is 0. The maximum atomic E-state index is 10.2. The highest BCUT2D eigenvalue weighted by Gasteiger charge is 2.33. The Bertz CT molecular complexity index is 303. The maximum absolute atomic E-state index is 10.2. The Balaban J connectivity index is 2.33. The average Bonchev–Trinajstić information content (AvgIpc) is 2.54. The number of nitrogens with zero attached hydrogens (tertiary/aromatic N) is 1. The van der Waals surface area contributed by atoms with E-state index in [9.17, 15) is 5.11 Å². The minimum absolute atomic E-state index is 0.584. The van der Waals surface area contributed by atoms with Crippen molar-refractivity contribution in [1.29, 1.82) is 0 Å². The van der Waals surface area contributed by atoms with Gasteiger partial charge in [0.05, 0.1) is 5.60 Å². The smallest absolute Gasteiger partial charge is 0.0911 e. The van der Waals surface area contributed by atoms with Crippen molar-refractivity contribution in [3.63, 3.8) is 0 Å². The number of aromatic nitrogens is 1. The van der Waals surface area contributed by atoms with E-state index >= 15 is 0 Å². The quantitative estimate of drug-likeness (QED) is 0.713. The van der Waals surface area contributed by atoms with Gasteiger partial charge in [-0.25, -0.2) is 0 Å². The first-order chi connectivity index (χ1) is 6.21. The van der Waals surface area contributed by atoms with Crippen molar-refractivity contribution in [3.05, 3.63) is 29.6 Å². The maximum Gasteiger partial charge on any atom is 0.0911 e. The normalized spacial score (nSPS) is 20.5. The van der Waals surface area contributed by atoms with Crippen LogP contribution in [-0.4, -0.2) is 10.1 Å². The van der Waals surface area contributed by atoms with E-state index in [2.05, 4.69) is 4.98 Å². The van der Waals surface area contributed by atoms with Crippen LogP contribution in [0.1, 0.15) is 36.8 Å². The molecule has 0 aromatic carbocycles. The lowest BCUT2D eigenvalue weighted by atomic mass is 9.93. The molecule has 70 valence electrons. The van der Waals surface area contributed by atoms with Crippen LogP contribution in [-0.2, 0) is 5.60 Å². The van der Waals surface area contributed by atoms with Crippen molar-refractivity contribution in [3.8, 4) is 0 Å². The monoisotopic (exact) mass is 177 g/mol. The number of aliphatic hydroxyl groups is 1. The molecule has 0 bridgehead atoms. The van der Waals surface area contributed by atoms with Gasteiger partial charge in [0.1, 0.15) is 0 Å². The molecule has 1 aromatic heterocycles. The molecule has 0 spiro atoms. The van der Waals surface area contributed by atoms with E-state index in [1.165, 1.54) is 0 Å². The van der Waals surface area contributed by atoms with Gasteiger partial charge in [-0.05, 0) is 25.3 Å². The second-order valence-corrected chi connectivity index (χ2v) is 3.99. The molecular formula is C11H15NO. The van der Waals surface area contributed by atoms with Gasteiger partial charge in [0, 0.05) is 18.0 Å². The summed E-state index contributed by atoms with van der Waals surface area (Å²) in [6.07, 6.45) is 7.64. The lowest BCUT2D eigenvalue weighted by Crippen LogP contribution is -2.21. The van der Waals surface area contributed by atoms with Crippen molar-refractivity contribution >= 4 is 0 Å². The summed E-state index contributed by atoms with van der Waals surface area (Å²) < 4.78 is 0. The first kappa shape index (κ1) is 8.70. The number of hydrogen-bond donors (Lipinski definition) is 1. The van der Waals surface area contributed by atoms with Gasteiger partial charge >= 0.3 is 0 Å². The van der Waals surface area contributed by atoms with Crippen molar-refractivity contribution in [1.82, 2.24) is 4.98 Å². The zero-order valence-electron chi connectivity index (χ0n) is 7.95. The summed E-state index contributed by atoms with van der Waals surface area (Å²) >= 11 is 0. The van der Waals surface area contributed by atoms with E-state index in [0.717, 1.165) is 36.8 Å². The summed E-state index contributed by atoms with van der Waals surface area (Å²) in [5.41, 5.74) is 1.53. The molecule has 13 heavy (non-hydrogen) atoms. The van der Waals surface area contributed by atoms with E-state index in [1.54, 1.807) is 6.20 Å². The highest BCUT2D eigenvalue weighted by atomic mass is 16.3. The van der Waals surface area contributed by atoms with Crippen LogP contribution in [0.4, 0.5) is 0 Å². The molecule has 0 aliphatic heterocycles. The zero-order chi connectivity index (χ0) is 9.31. The molecular weight excluding hydrogens is 162 g/mol.